The van der Waals surface area contributed by atoms with E-state index in [1.165, 1.54) is 27.5 Å². The lowest BCUT2D eigenvalue weighted by atomic mass is 9.77. The molecule has 0 fully saturated rings. The summed E-state index contributed by atoms with van der Waals surface area (Å²) in [6.45, 7) is 25.6. The van der Waals surface area contributed by atoms with E-state index in [1.54, 1.807) is 0 Å². The number of para-hydroxylation sites is 2. The molecular formula is C56H64N6O3. The predicted octanol–water partition coefficient (Wildman–Crippen LogP) is 11.2. The molecule has 0 aliphatic carbocycles. The molecule has 0 saturated carbocycles. The number of hydrogen-bond donors (Lipinski definition) is 0. The van der Waals surface area contributed by atoms with Gasteiger partial charge in [0.25, 0.3) is 5.85 Å². The third-order valence-electron chi connectivity index (χ3n) is 15.1. The summed E-state index contributed by atoms with van der Waals surface area (Å²) >= 11 is 0. The van der Waals surface area contributed by atoms with Crippen LogP contribution in [0.25, 0.3) is 21.5 Å². The van der Waals surface area contributed by atoms with E-state index in [-0.39, 0.29) is 0 Å². The second kappa shape index (κ2) is 16.6. The van der Waals surface area contributed by atoms with Crippen LogP contribution in [0.3, 0.4) is 0 Å². The van der Waals surface area contributed by atoms with Crippen molar-refractivity contribution in [2.24, 2.45) is 9.98 Å². The van der Waals surface area contributed by atoms with Crippen LogP contribution in [0.4, 0.5) is 17.1 Å². The quantitative estimate of drug-likeness (QED) is 0.101. The van der Waals surface area contributed by atoms with E-state index in [0.717, 1.165) is 89.7 Å². The first-order valence-electron chi connectivity index (χ1n) is 23.9. The molecular weight excluding hydrogens is 805 g/mol. The Morgan fingerprint density at radius 2 is 1.11 bits per heavy atom. The van der Waals surface area contributed by atoms with Gasteiger partial charge in [0.2, 0.25) is 5.72 Å². The van der Waals surface area contributed by atoms with Crippen LogP contribution in [0.15, 0.2) is 119 Å². The summed E-state index contributed by atoms with van der Waals surface area (Å²) in [7, 11) is 0. The topological polar surface area (TPSA) is 65.4 Å². The summed E-state index contributed by atoms with van der Waals surface area (Å²) in [5.41, 5.74) is 7.24. The Balaban J connectivity index is 0.949. The fourth-order valence-electron chi connectivity index (χ4n) is 11.2. The van der Waals surface area contributed by atoms with Crippen molar-refractivity contribution in [3.63, 3.8) is 0 Å². The first-order chi connectivity index (χ1) is 31.5. The number of benzene rings is 6. The maximum Gasteiger partial charge on any atom is 0.290 e. The molecule has 4 aliphatic heterocycles. The van der Waals surface area contributed by atoms with E-state index in [4.69, 9.17) is 24.2 Å². The van der Waals surface area contributed by atoms with Gasteiger partial charge in [0.15, 0.2) is 5.75 Å². The summed E-state index contributed by atoms with van der Waals surface area (Å²) in [5.74, 6) is 0.776. The summed E-state index contributed by atoms with van der Waals surface area (Å²) in [4.78, 5) is 20.5. The molecule has 2 atom stereocenters. The second-order valence-corrected chi connectivity index (χ2v) is 19.1. The largest absolute Gasteiger partial charge is 0.459 e. The second-order valence-electron chi connectivity index (χ2n) is 19.1. The molecule has 65 heavy (non-hydrogen) atoms. The highest BCUT2D eigenvalue weighted by Gasteiger charge is 2.62. The normalized spacial score (nSPS) is 20.8. The van der Waals surface area contributed by atoms with Crippen molar-refractivity contribution in [3.05, 3.63) is 137 Å². The van der Waals surface area contributed by atoms with Gasteiger partial charge in [-0.25, -0.2) is 4.99 Å². The molecule has 6 aromatic rings. The SMILES string of the molecule is CCN(CC)Cc1cc2ccccc2c2c1OC1(N=C2)N(CCOCCN2c3ccccc3C(C)(C)C23C=Nc2c(c(CN(CC)CC)cc4ccccc24)O3)c2ccccc2C1(C)C. The third-order valence-corrected chi connectivity index (χ3v) is 15.1. The fraction of sp³-hybridized carbons (Fsp3) is 0.393. The van der Waals surface area contributed by atoms with Crippen LogP contribution in [0.5, 0.6) is 11.5 Å². The minimum Gasteiger partial charge on any atom is -0.459 e. The molecule has 0 bridgehead atoms. The van der Waals surface area contributed by atoms with Gasteiger partial charge in [-0.1, -0.05) is 113 Å². The van der Waals surface area contributed by atoms with Gasteiger partial charge in [-0.3, -0.25) is 14.8 Å². The number of rotatable bonds is 14. The van der Waals surface area contributed by atoms with Crippen LogP contribution in [0.1, 0.15) is 83.2 Å². The van der Waals surface area contributed by atoms with Crippen LogP contribution in [-0.4, -0.2) is 86.3 Å². The number of anilines is 2. The van der Waals surface area contributed by atoms with Crippen molar-refractivity contribution in [3.8, 4) is 11.5 Å². The molecule has 0 radical (unpaired) electrons. The molecule has 2 unspecified atom stereocenters. The van der Waals surface area contributed by atoms with E-state index in [1.807, 2.05) is 0 Å². The van der Waals surface area contributed by atoms with Gasteiger partial charge in [0, 0.05) is 65.8 Å². The standard InChI is InChI=1S/C56H64N6O3/c1-9-59(10-2)36-41-33-39-21-13-15-23-43(39)45-35-58-56(65-51(41)45)54(7,8)47-26-18-20-28-49(47)62(56)30-32-63-31-29-61-48-27-19-17-25-46(48)53(5,6)55(61)38-57-50-44-24-16-14-22-40(44)34-42(52(50)64-55)37-60(11-3)12-4/h13-28,33-35,38H,9-12,29-32,36-37H2,1-8H3. The van der Waals surface area contributed by atoms with Crippen molar-refractivity contribution in [1.29, 1.82) is 0 Å². The zero-order valence-corrected chi connectivity index (χ0v) is 39.5. The van der Waals surface area contributed by atoms with Gasteiger partial charge in [-0.15, -0.1) is 0 Å². The van der Waals surface area contributed by atoms with Gasteiger partial charge in [-0.2, -0.15) is 0 Å². The molecule has 9 heteroatoms. The van der Waals surface area contributed by atoms with Crippen LogP contribution < -0.4 is 19.3 Å². The Morgan fingerprint density at radius 1 is 0.585 bits per heavy atom. The Bertz CT molecular complexity index is 2630. The van der Waals surface area contributed by atoms with Crippen LogP contribution in [-0.2, 0) is 28.7 Å². The van der Waals surface area contributed by atoms with Gasteiger partial charge in [0.1, 0.15) is 11.4 Å². The fourth-order valence-corrected chi connectivity index (χ4v) is 11.2. The monoisotopic (exact) mass is 869 g/mol. The van der Waals surface area contributed by atoms with E-state index in [2.05, 4.69) is 197 Å². The van der Waals surface area contributed by atoms with Gasteiger partial charge in [-0.05, 0) is 105 Å². The molecule has 0 saturated heterocycles. The van der Waals surface area contributed by atoms with Crippen molar-refractivity contribution in [2.75, 3.05) is 62.3 Å². The molecule has 6 aromatic carbocycles. The summed E-state index contributed by atoms with van der Waals surface area (Å²) in [6.07, 6.45) is 4.16. The van der Waals surface area contributed by atoms with Crippen molar-refractivity contribution in [1.82, 2.24) is 9.80 Å². The molecule has 0 aromatic heterocycles. The summed E-state index contributed by atoms with van der Waals surface area (Å²) in [5, 5.41) is 4.64. The first kappa shape index (κ1) is 43.2. The lowest BCUT2D eigenvalue weighted by molar-refractivity contribution is 0.00783. The maximum atomic E-state index is 7.55. The van der Waals surface area contributed by atoms with E-state index < -0.39 is 22.4 Å². The molecule has 10 rings (SSSR count). The molecule has 0 amide bonds. The van der Waals surface area contributed by atoms with Crippen molar-refractivity contribution in [2.45, 2.75) is 90.9 Å². The van der Waals surface area contributed by atoms with Gasteiger partial charge < -0.3 is 24.0 Å². The van der Waals surface area contributed by atoms with Gasteiger partial charge in [0.05, 0.1) is 30.3 Å². The zero-order chi connectivity index (χ0) is 45.1. The Labute approximate surface area is 385 Å². The molecule has 2 spiro atoms. The Kier molecular flexibility index (Phi) is 11.0. The van der Waals surface area contributed by atoms with Crippen LogP contribution >= 0.6 is 0 Å². The average Bonchev–Trinajstić information content (AvgIpc) is 3.62. The summed E-state index contributed by atoms with van der Waals surface area (Å²) < 4.78 is 21.8. The lowest BCUT2D eigenvalue weighted by Crippen LogP contribution is -2.63. The van der Waals surface area contributed by atoms with Crippen molar-refractivity contribution < 1.29 is 14.2 Å². The number of nitrogens with zero attached hydrogens (tertiary/aromatic N) is 6. The first-order valence-corrected chi connectivity index (χ1v) is 23.9. The minimum atomic E-state index is -1.01. The molecule has 4 heterocycles. The number of aliphatic imine (C=N–C) groups is 2. The van der Waals surface area contributed by atoms with Crippen LogP contribution in [0, 0.1) is 0 Å². The van der Waals surface area contributed by atoms with Crippen molar-refractivity contribution >= 4 is 51.0 Å². The smallest absolute Gasteiger partial charge is 0.290 e. The number of hydrogen-bond acceptors (Lipinski definition) is 9. The molecule has 336 valence electrons. The number of fused-ring (bicyclic) bond motifs is 8. The van der Waals surface area contributed by atoms with E-state index in [0.29, 0.717) is 26.3 Å². The number of ether oxygens (including phenoxy) is 3. The third kappa shape index (κ3) is 6.67. The predicted molar refractivity (Wildman–Crippen MR) is 268 cm³/mol. The average molecular weight is 869 g/mol. The van der Waals surface area contributed by atoms with E-state index >= 15 is 0 Å². The van der Waals surface area contributed by atoms with Gasteiger partial charge >= 0.3 is 0 Å². The molecule has 9 nitrogen and oxygen atoms in total. The molecule has 0 N–H and O–H groups in total. The summed E-state index contributed by atoms with van der Waals surface area (Å²) in [6, 6.07) is 39.2. The highest BCUT2D eigenvalue weighted by Crippen LogP contribution is 2.57. The highest BCUT2D eigenvalue weighted by molar-refractivity contribution is 6.04. The molecule has 4 aliphatic rings. The highest BCUT2D eigenvalue weighted by atomic mass is 16.5. The van der Waals surface area contributed by atoms with Crippen LogP contribution in [0.2, 0.25) is 0 Å². The lowest BCUT2D eigenvalue weighted by Gasteiger charge is -2.47. The minimum absolute atomic E-state index is 0.428. The zero-order valence-electron chi connectivity index (χ0n) is 39.5. The van der Waals surface area contributed by atoms with E-state index in [9.17, 15) is 0 Å². The Morgan fingerprint density at radius 3 is 1.75 bits per heavy atom. The Hall–Kier alpha value is -5.74. The maximum absolute atomic E-state index is 7.55.